The molecular weight excluding hydrogens is 376 g/mol. The van der Waals surface area contributed by atoms with Gasteiger partial charge in [-0.3, -0.25) is 9.59 Å². The van der Waals surface area contributed by atoms with Crippen LogP contribution >= 0.6 is 0 Å². The maximum atomic E-state index is 12.7. The Morgan fingerprint density at radius 3 is 2.07 bits per heavy atom. The molecule has 30 heavy (non-hydrogen) atoms. The van der Waals surface area contributed by atoms with E-state index in [2.05, 4.69) is 24.5 Å². The van der Waals surface area contributed by atoms with E-state index >= 15 is 0 Å². The number of hydrogen-bond donors (Lipinski definition) is 2. The first-order valence-electron chi connectivity index (χ1n) is 9.97. The van der Waals surface area contributed by atoms with Gasteiger partial charge in [-0.2, -0.15) is 0 Å². The van der Waals surface area contributed by atoms with Gasteiger partial charge >= 0.3 is 0 Å². The van der Waals surface area contributed by atoms with E-state index in [0.717, 1.165) is 0 Å². The zero-order valence-corrected chi connectivity index (χ0v) is 17.4. The van der Waals surface area contributed by atoms with Gasteiger partial charge in [0.15, 0.2) is 6.10 Å². The minimum atomic E-state index is -0.722. The predicted octanol–water partition coefficient (Wildman–Crippen LogP) is 5.47. The molecule has 0 bridgehead atoms. The van der Waals surface area contributed by atoms with Gasteiger partial charge in [-0.1, -0.05) is 56.3 Å². The zero-order valence-electron chi connectivity index (χ0n) is 17.4. The Morgan fingerprint density at radius 2 is 1.40 bits per heavy atom. The molecule has 3 aromatic rings. The molecule has 0 spiro atoms. The first-order chi connectivity index (χ1) is 14.4. The third-order valence-electron chi connectivity index (χ3n) is 4.69. The van der Waals surface area contributed by atoms with Gasteiger partial charge in [0.2, 0.25) is 0 Å². The van der Waals surface area contributed by atoms with E-state index in [0.29, 0.717) is 28.6 Å². The SMILES string of the molecule is CC(Oc1ccc(C(C)C)cc1)C(=O)Nc1ccccc1C(=O)Nc1ccccc1. The van der Waals surface area contributed by atoms with E-state index < -0.39 is 6.10 Å². The Kier molecular flexibility index (Phi) is 6.86. The predicted molar refractivity (Wildman–Crippen MR) is 120 cm³/mol. The number of hydrogen-bond acceptors (Lipinski definition) is 3. The first kappa shape index (κ1) is 21.1. The standard InChI is InChI=1S/C25H26N2O3/c1-17(2)19-13-15-21(16-14-19)30-18(3)24(28)27-23-12-8-7-11-22(23)25(29)26-20-9-5-4-6-10-20/h4-18H,1-3H3,(H,26,29)(H,27,28). The number of amides is 2. The van der Waals surface area contributed by atoms with E-state index in [1.807, 2.05) is 42.5 Å². The van der Waals surface area contributed by atoms with Gasteiger partial charge in [0, 0.05) is 5.69 Å². The molecule has 0 heterocycles. The molecule has 0 aromatic heterocycles. The highest BCUT2D eigenvalue weighted by atomic mass is 16.5. The van der Waals surface area contributed by atoms with Crippen LogP contribution in [0.3, 0.4) is 0 Å². The van der Waals surface area contributed by atoms with Crippen LogP contribution in [0.2, 0.25) is 0 Å². The number of benzene rings is 3. The van der Waals surface area contributed by atoms with E-state index in [1.165, 1.54) is 5.56 Å². The van der Waals surface area contributed by atoms with Crippen molar-refractivity contribution >= 4 is 23.2 Å². The van der Waals surface area contributed by atoms with Crippen molar-refractivity contribution < 1.29 is 14.3 Å². The molecule has 5 nitrogen and oxygen atoms in total. The summed E-state index contributed by atoms with van der Waals surface area (Å²) in [6, 6.07) is 23.8. The van der Waals surface area contributed by atoms with Crippen molar-refractivity contribution in [1.82, 2.24) is 0 Å². The van der Waals surface area contributed by atoms with Crippen molar-refractivity contribution in [3.05, 3.63) is 90.0 Å². The Labute approximate surface area is 177 Å². The molecule has 154 valence electrons. The molecule has 1 atom stereocenters. The lowest BCUT2D eigenvalue weighted by atomic mass is 10.0. The number of carbonyl (C=O) groups is 2. The van der Waals surface area contributed by atoms with Crippen LogP contribution in [-0.2, 0) is 4.79 Å². The van der Waals surface area contributed by atoms with E-state index in [1.54, 1.807) is 43.3 Å². The average Bonchev–Trinajstić information content (AvgIpc) is 2.75. The summed E-state index contributed by atoms with van der Waals surface area (Å²) >= 11 is 0. The number of nitrogens with one attached hydrogen (secondary N) is 2. The summed E-state index contributed by atoms with van der Waals surface area (Å²) in [6.07, 6.45) is -0.722. The van der Waals surface area contributed by atoms with Crippen molar-refractivity contribution in [2.45, 2.75) is 32.8 Å². The summed E-state index contributed by atoms with van der Waals surface area (Å²) in [5, 5.41) is 5.64. The summed E-state index contributed by atoms with van der Waals surface area (Å²) in [5.41, 5.74) is 2.70. The highest BCUT2D eigenvalue weighted by molar-refractivity contribution is 6.10. The summed E-state index contributed by atoms with van der Waals surface area (Å²) in [7, 11) is 0. The molecule has 0 aliphatic carbocycles. The quantitative estimate of drug-likeness (QED) is 0.551. The molecule has 0 aliphatic heterocycles. The normalized spacial score (nSPS) is 11.6. The molecule has 3 rings (SSSR count). The fourth-order valence-corrected chi connectivity index (χ4v) is 2.93. The topological polar surface area (TPSA) is 67.4 Å². The smallest absolute Gasteiger partial charge is 0.265 e. The second-order valence-corrected chi connectivity index (χ2v) is 7.34. The second kappa shape index (κ2) is 9.74. The molecule has 0 fully saturated rings. The highest BCUT2D eigenvalue weighted by Crippen LogP contribution is 2.21. The van der Waals surface area contributed by atoms with Crippen molar-refractivity contribution in [2.75, 3.05) is 10.6 Å². The van der Waals surface area contributed by atoms with Crippen LogP contribution in [0.15, 0.2) is 78.9 Å². The Morgan fingerprint density at radius 1 is 0.767 bits per heavy atom. The third kappa shape index (κ3) is 5.47. The van der Waals surface area contributed by atoms with Crippen LogP contribution in [0.4, 0.5) is 11.4 Å². The van der Waals surface area contributed by atoms with Crippen LogP contribution < -0.4 is 15.4 Å². The van der Waals surface area contributed by atoms with Gasteiger partial charge in [0.1, 0.15) is 5.75 Å². The summed E-state index contributed by atoms with van der Waals surface area (Å²) < 4.78 is 5.77. The maximum absolute atomic E-state index is 12.7. The Balaban J connectivity index is 1.66. The molecule has 5 heteroatoms. The van der Waals surface area contributed by atoms with Crippen molar-refractivity contribution in [1.29, 1.82) is 0 Å². The minimum Gasteiger partial charge on any atom is -0.481 e. The largest absolute Gasteiger partial charge is 0.481 e. The molecule has 0 saturated heterocycles. The monoisotopic (exact) mass is 402 g/mol. The highest BCUT2D eigenvalue weighted by Gasteiger charge is 2.18. The maximum Gasteiger partial charge on any atom is 0.265 e. The first-order valence-corrected chi connectivity index (χ1v) is 9.97. The molecule has 1 unspecified atom stereocenters. The van der Waals surface area contributed by atoms with E-state index in [9.17, 15) is 9.59 Å². The van der Waals surface area contributed by atoms with Crippen LogP contribution in [-0.4, -0.2) is 17.9 Å². The summed E-state index contributed by atoms with van der Waals surface area (Å²) in [5.74, 6) is 0.424. The number of carbonyl (C=O) groups excluding carboxylic acids is 2. The number of ether oxygens (including phenoxy) is 1. The van der Waals surface area contributed by atoms with Gasteiger partial charge in [-0.25, -0.2) is 0 Å². The van der Waals surface area contributed by atoms with Gasteiger partial charge in [-0.15, -0.1) is 0 Å². The van der Waals surface area contributed by atoms with Gasteiger partial charge in [-0.05, 0) is 54.8 Å². The Hall–Kier alpha value is -3.60. The molecule has 2 N–H and O–H groups in total. The second-order valence-electron chi connectivity index (χ2n) is 7.34. The minimum absolute atomic E-state index is 0.296. The van der Waals surface area contributed by atoms with Crippen LogP contribution in [0, 0.1) is 0 Å². The fourth-order valence-electron chi connectivity index (χ4n) is 2.93. The zero-order chi connectivity index (χ0) is 21.5. The van der Waals surface area contributed by atoms with Crippen LogP contribution in [0.1, 0.15) is 42.6 Å². The molecule has 0 radical (unpaired) electrons. The lowest BCUT2D eigenvalue weighted by Crippen LogP contribution is -2.31. The number of anilines is 2. The van der Waals surface area contributed by atoms with Crippen LogP contribution in [0.25, 0.3) is 0 Å². The van der Waals surface area contributed by atoms with Crippen molar-refractivity contribution in [2.24, 2.45) is 0 Å². The van der Waals surface area contributed by atoms with Gasteiger partial charge in [0.25, 0.3) is 11.8 Å². The third-order valence-corrected chi connectivity index (χ3v) is 4.69. The average molecular weight is 402 g/mol. The number of rotatable bonds is 7. The van der Waals surface area contributed by atoms with Crippen molar-refractivity contribution in [3.8, 4) is 5.75 Å². The van der Waals surface area contributed by atoms with Crippen LogP contribution in [0.5, 0.6) is 5.75 Å². The van der Waals surface area contributed by atoms with Gasteiger partial charge < -0.3 is 15.4 Å². The Bertz CT molecular complexity index is 998. The fraction of sp³-hybridized carbons (Fsp3) is 0.200. The lowest BCUT2D eigenvalue weighted by Gasteiger charge is -2.17. The number of para-hydroxylation sites is 2. The lowest BCUT2D eigenvalue weighted by molar-refractivity contribution is -0.122. The van der Waals surface area contributed by atoms with E-state index in [-0.39, 0.29) is 11.8 Å². The molecular formula is C25H26N2O3. The summed E-state index contributed by atoms with van der Waals surface area (Å²) in [4.78, 5) is 25.3. The van der Waals surface area contributed by atoms with Gasteiger partial charge in [0.05, 0.1) is 11.3 Å². The molecule has 3 aromatic carbocycles. The van der Waals surface area contributed by atoms with Crippen molar-refractivity contribution in [3.63, 3.8) is 0 Å². The molecule has 0 aliphatic rings. The summed E-state index contributed by atoms with van der Waals surface area (Å²) in [6.45, 7) is 5.92. The molecule has 2 amide bonds. The molecule has 0 saturated carbocycles. The van der Waals surface area contributed by atoms with E-state index in [4.69, 9.17) is 4.74 Å².